The average molecular weight is 505 g/mol. The van der Waals surface area contributed by atoms with Gasteiger partial charge >= 0.3 is 0 Å². The van der Waals surface area contributed by atoms with Gasteiger partial charge in [-0.05, 0) is 79.1 Å². The maximum Gasteiger partial charge on any atom is 0.226 e. The second kappa shape index (κ2) is 7.67. The van der Waals surface area contributed by atoms with Gasteiger partial charge in [0.15, 0.2) is 11.6 Å². The molecule has 0 aromatic heterocycles. The molecule has 0 radical (unpaired) electrons. The number of hydrogen-bond donors (Lipinski definition) is 1. The van der Waals surface area contributed by atoms with Crippen LogP contribution in [0.3, 0.4) is 0 Å². The summed E-state index contributed by atoms with van der Waals surface area (Å²) in [7, 11) is 1.73. The third-order valence-electron chi connectivity index (χ3n) is 12.5. The first-order valence-electron chi connectivity index (χ1n) is 14.2. The number of fused-ring (bicyclic) bond motifs is 7. The summed E-state index contributed by atoms with van der Waals surface area (Å²) < 4.78 is 0. The second-order valence-electron chi connectivity index (χ2n) is 15.0. The smallest absolute Gasteiger partial charge is 0.226 e. The van der Waals surface area contributed by atoms with E-state index in [-0.39, 0.29) is 57.0 Å². The number of carbonyl (C=O) groups excluding carboxylic acids is 3. The lowest BCUT2D eigenvalue weighted by atomic mass is 9.34. The standard InChI is InChI=1S/C32H44N2O3/c1-27(2)11-13-32(26(37)34-8)14-12-31(7)24(20(32)17-27)21(35)15-23-29(5)16-19(18-33)25(36)28(3,4)22(29)9-10-30(23,31)6/h15-16,20,22,24H,9-14,17H2,1-8H3,(H,34,37)/t20-,22?,24+,29+,30-,31-,32+/m1/s1. The van der Waals surface area contributed by atoms with Crippen molar-refractivity contribution in [2.75, 3.05) is 7.05 Å². The molecule has 1 N–H and O–H groups in total. The van der Waals surface area contributed by atoms with Crippen LogP contribution in [-0.2, 0) is 14.4 Å². The Morgan fingerprint density at radius 3 is 2.27 bits per heavy atom. The van der Waals surface area contributed by atoms with Crippen LogP contribution in [0.1, 0.15) is 93.4 Å². The summed E-state index contributed by atoms with van der Waals surface area (Å²) in [6.45, 7) is 15.3. The highest BCUT2D eigenvalue weighted by molar-refractivity contribution is 6.04. The maximum atomic E-state index is 14.4. The molecule has 0 heterocycles. The monoisotopic (exact) mass is 504 g/mol. The minimum Gasteiger partial charge on any atom is -0.359 e. The molecule has 3 fully saturated rings. The molecule has 1 amide bonds. The van der Waals surface area contributed by atoms with Crippen LogP contribution in [0.4, 0.5) is 0 Å². The summed E-state index contributed by atoms with van der Waals surface area (Å²) in [5.41, 5.74) is -0.787. The van der Waals surface area contributed by atoms with Crippen molar-refractivity contribution < 1.29 is 14.4 Å². The highest BCUT2D eigenvalue weighted by Gasteiger charge is 2.70. The van der Waals surface area contributed by atoms with Crippen LogP contribution >= 0.6 is 0 Å². The molecule has 3 saturated carbocycles. The molecule has 0 aromatic rings. The number of hydrogen-bond acceptors (Lipinski definition) is 4. The predicted molar refractivity (Wildman–Crippen MR) is 143 cm³/mol. The lowest BCUT2D eigenvalue weighted by molar-refractivity contribution is -0.178. The van der Waals surface area contributed by atoms with Gasteiger partial charge in [-0.15, -0.1) is 0 Å². The largest absolute Gasteiger partial charge is 0.359 e. The molecule has 0 aliphatic heterocycles. The summed E-state index contributed by atoms with van der Waals surface area (Å²) in [6.07, 6.45) is 9.95. The van der Waals surface area contributed by atoms with E-state index in [9.17, 15) is 19.6 Å². The van der Waals surface area contributed by atoms with Crippen molar-refractivity contribution in [3.05, 3.63) is 23.3 Å². The van der Waals surface area contributed by atoms with Crippen molar-refractivity contribution in [2.45, 2.75) is 93.4 Å². The van der Waals surface area contributed by atoms with Gasteiger partial charge in [0.2, 0.25) is 5.91 Å². The first-order chi connectivity index (χ1) is 17.0. The van der Waals surface area contributed by atoms with E-state index >= 15 is 0 Å². The Kier molecular flexibility index (Phi) is 5.47. The molecule has 5 heteroatoms. The highest BCUT2D eigenvalue weighted by atomic mass is 16.2. The third kappa shape index (κ3) is 3.11. The molecule has 200 valence electrons. The van der Waals surface area contributed by atoms with Gasteiger partial charge in [-0.3, -0.25) is 14.4 Å². The fourth-order valence-corrected chi connectivity index (χ4v) is 10.3. The summed E-state index contributed by atoms with van der Waals surface area (Å²) in [4.78, 5) is 41.1. The van der Waals surface area contributed by atoms with Gasteiger partial charge in [-0.2, -0.15) is 5.26 Å². The van der Waals surface area contributed by atoms with Gasteiger partial charge in [0.05, 0.1) is 11.0 Å². The van der Waals surface area contributed by atoms with Crippen molar-refractivity contribution in [1.29, 1.82) is 5.26 Å². The first kappa shape index (κ1) is 26.4. The molecule has 1 unspecified atom stereocenters. The van der Waals surface area contributed by atoms with Crippen LogP contribution in [0.25, 0.3) is 0 Å². The topological polar surface area (TPSA) is 87.0 Å². The number of nitriles is 1. The van der Waals surface area contributed by atoms with Crippen LogP contribution in [0.2, 0.25) is 0 Å². The Labute approximate surface area is 222 Å². The molecule has 5 aliphatic carbocycles. The minimum atomic E-state index is -0.661. The number of rotatable bonds is 1. The van der Waals surface area contributed by atoms with Gasteiger partial charge in [-0.25, -0.2) is 0 Å². The van der Waals surface area contributed by atoms with Crippen LogP contribution in [0.15, 0.2) is 23.3 Å². The van der Waals surface area contributed by atoms with Crippen LogP contribution in [-0.4, -0.2) is 24.5 Å². The zero-order valence-corrected chi connectivity index (χ0v) is 24.0. The lowest BCUT2D eigenvalue weighted by Crippen LogP contribution is -2.66. The Bertz CT molecular complexity index is 1200. The number of allylic oxidation sites excluding steroid dienone is 4. The molecule has 7 atom stereocenters. The van der Waals surface area contributed by atoms with Gasteiger partial charge in [-0.1, -0.05) is 60.1 Å². The first-order valence-corrected chi connectivity index (χ1v) is 14.2. The van der Waals surface area contributed by atoms with Crippen molar-refractivity contribution in [3.8, 4) is 6.07 Å². The van der Waals surface area contributed by atoms with Gasteiger partial charge < -0.3 is 5.32 Å². The van der Waals surface area contributed by atoms with E-state index in [1.54, 1.807) is 7.05 Å². The molecule has 37 heavy (non-hydrogen) atoms. The van der Waals surface area contributed by atoms with Crippen LogP contribution in [0, 0.1) is 61.6 Å². The third-order valence-corrected chi connectivity index (χ3v) is 12.5. The van der Waals surface area contributed by atoms with Crippen LogP contribution in [0.5, 0.6) is 0 Å². The molecule has 0 saturated heterocycles. The summed E-state index contributed by atoms with van der Waals surface area (Å²) >= 11 is 0. The van der Waals surface area contributed by atoms with E-state index in [1.807, 2.05) is 26.0 Å². The fraction of sp³-hybridized carbons (Fsp3) is 0.750. The summed E-state index contributed by atoms with van der Waals surface area (Å²) in [5.74, 6) is 0.0213. The van der Waals surface area contributed by atoms with Crippen molar-refractivity contribution in [3.63, 3.8) is 0 Å². The molecule has 5 nitrogen and oxygen atoms in total. The quantitative estimate of drug-likeness (QED) is 0.478. The SMILES string of the molecule is CNC(=O)[C@]12CCC(C)(C)C[C@@H]1[C@H]1C(=O)C=C3[C@@]4(C)C=C(C#N)C(=O)C(C)(C)C4CC[C@@]3(C)[C@]1(C)CC2. The van der Waals surface area contributed by atoms with Crippen molar-refractivity contribution >= 4 is 17.5 Å². The molecule has 5 rings (SSSR count). The highest BCUT2D eigenvalue weighted by Crippen LogP contribution is 2.74. The average Bonchev–Trinajstić information content (AvgIpc) is 2.82. The molecule has 5 aliphatic rings. The predicted octanol–water partition coefficient (Wildman–Crippen LogP) is 5.95. The normalized spacial score (nSPS) is 45.6. The second-order valence-corrected chi connectivity index (χ2v) is 15.0. The Hall–Kier alpha value is -2.22. The van der Waals surface area contributed by atoms with Crippen molar-refractivity contribution in [2.24, 2.45) is 50.2 Å². The van der Waals surface area contributed by atoms with E-state index < -0.39 is 16.2 Å². The fourth-order valence-electron chi connectivity index (χ4n) is 10.3. The number of carbonyl (C=O) groups is 3. The van der Waals surface area contributed by atoms with E-state index in [4.69, 9.17) is 0 Å². The van der Waals surface area contributed by atoms with Gasteiger partial charge in [0, 0.05) is 23.8 Å². The lowest BCUT2D eigenvalue weighted by Gasteiger charge is -2.69. The molecule has 0 bridgehead atoms. The number of Topliss-reactive ketones (excluding diaryl/α,β-unsaturated/α-hetero) is 1. The van der Waals surface area contributed by atoms with E-state index in [0.29, 0.717) is 0 Å². The Morgan fingerprint density at radius 1 is 1.00 bits per heavy atom. The van der Waals surface area contributed by atoms with Crippen LogP contribution < -0.4 is 5.32 Å². The van der Waals surface area contributed by atoms with Gasteiger partial charge in [0.1, 0.15) is 6.07 Å². The van der Waals surface area contributed by atoms with E-state index in [0.717, 1.165) is 50.5 Å². The molecular formula is C32H44N2O3. The zero-order valence-electron chi connectivity index (χ0n) is 24.0. The zero-order chi connectivity index (χ0) is 27.4. The summed E-state index contributed by atoms with van der Waals surface area (Å²) in [6, 6.07) is 2.18. The number of ketones is 2. The minimum absolute atomic E-state index is 0.0113. The van der Waals surface area contributed by atoms with E-state index in [1.165, 1.54) is 0 Å². The molecular weight excluding hydrogens is 460 g/mol. The number of nitrogens with zero attached hydrogens (tertiary/aromatic N) is 1. The number of amides is 1. The Balaban J connectivity index is 1.71. The van der Waals surface area contributed by atoms with E-state index in [2.05, 4.69) is 46.0 Å². The van der Waals surface area contributed by atoms with Crippen molar-refractivity contribution in [1.82, 2.24) is 5.32 Å². The van der Waals surface area contributed by atoms with Gasteiger partial charge in [0.25, 0.3) is 0 Å². The summed E-state index contributed by atoms with van der Waals surface area (Å²) in [5, 5.41) is 12.8. The maximum absolute atomic E-state index is 14.4. The number of nitrogens with one attached hydrogen (secondary N) is 1. The Morgan fingerprint density at radius 2 is 1.65 bits per heavy atom. The molecule has 0 aromatic carbocycles. The molecule has 0 spiro atoms.